The summed E-state index contributed by atoms with van der Waals surface area (Å²) in [6.07, 6.45) is 0. The number of aryl methyl sites for hydroxylation is 1. The molecule has 21 heavy (non-hydrogen) atoms. The zero-order valence-corrected chi connectivity index (χ0v) is 11.7. The Bertz CT molecular complexity index is 694. The maximum atomic E-state index is 10.6. The van der Waals surface area contributed by atoms with Crippen molar-refractivity contribution in [3.05, 3.63) is 63.7 Å². The van der Waals surface area contributed by atoms with E-state index in [-0.39, 0.29) is 11.4 Å². The van der Waals surface area contributed by atoms with E-state index < -0.39 is 4.92 Å². The summed E-state index contributed by atoms with van der Waals surface area (Å²) in [5.41, 5.74) is 5.75. The summed E-state index contributed by atoms with van der Waals surface area (Å²) in [5.74, 6) is 0.160. The van der Waals surface area contributed by atoms with E-state index >= 15 is 0 Å². The Morgan fingerprint density at radius 1 is 1.24 bits per heavy atom. The number of nitro benzene ring substituents is 1. The van der Waals surface area contributed by atoms with Crippen LogP contribution in [0.1, 0.15) is 18.1 Å². The first-order chi connectivity index (χ1) is 9.97. The summed E-state index contributed by atoms with van der Waals surface area (Å²) < 4.78 is 0. The fraction of sp³-hybridized carbons (Fsp3) is 0.133. The third kappa shape index (κ3) is 3.56. The number of rotatable bonds is 4. The third-order valence-electron chi connectivity index (χ3n) is 2.97. The van der Waals surface area contributed by atoms with Crippen LogP contribution in [0, 0.1) is 17.0 Å². The fourth-order valence-electron chi connectivity index (χ4n) is 1.81. The molecule has 2 aromatic carbocycles. The number of phenolic OH excluding ortho intramolecular Hbond substituents is 1. The minimum atomic E-state index is -0.455. The summed E-state index contributed by atoms with van der Waals surface area (Å²) in [5, 5.41) is 24.6. The van der Waals surface area contributed by atoms with Crippen molar-refractivity contribution in [2.45, 2.75) is 13.8 Å². The van der Waals surface area contributed by atoms with Gasteiger partial charge in [-0.15, -0.1) is 0 Å². The highest BCUT2D eigenvalue weighted by Crippen LogP contribution is 2.20. The van der Waals surface area contributed by atoms with Gasteiger partial charge in [0.05, 0.1) is 16.3 Å². The molecule has 0 amide bonds. The Kier molecular flexibility index (Phi) is 4.18. The maximum absolute atomic E-state index is 10.6. The predicted octanol–water partition coefficient (Wildman–Crippen LogP) is 3.44. The summed E-state index contributed by atoms with van der Waals surface area (Å²) in [4.78, 5) is 10.1. The summed E-state index contributed by atoms with van der Waals surface area (Å²) in [6, 6.07) is 11.2. The number of nitrogens with one attached hydrogen (secondary N) is 1. The van der Waals surface area contributed by atoms with Gasteiger partial charge in [0.15, 0.2) is 0 Å². The molecular formula is C15H15N3O3. The van der Waals surface area contributed by atoms with Gasteiger partial charge in [0.2, 0.25) is 0 Å². The highest BCUT2D eigenvalue weighted by Gasteiger charge is 2.06. The number of nitro groups is 1. The number of anilines is 1. The SMILES string of the molecule is C/C(=N/Nc1ccc([N+](=O)[O-])cc1)c1cc(C)ccc1O. The third-order valence-corrected chi connectivity index (χ3v) is 2.97. The fourth-order valence-corrected chi connectivity index (χ4v) is 1.81. The Morgan fingerprint density at radius 3 is 2.52 bits per heavy atom. The molecule has 0 unspecified atom stereocenters. The lowest BCUT2D eigenvalue weighted by atomic mass is 10.1. The predicted molar refractivity (Wildman–Crippen MR) is 81.8 cm³/mol. The first kappa shape index (κ1) is 14.5. The monoisotopic (exact) mass is 285 g/mol. The van der Waals surface area contributed by atoms with E-state index in [0.717, 1.165) is 5.56 Å². The molecule has 0 aliphatic rings. The molecule has 0 bridgehead atoms. The first-order valence-corrected chi connectivity index (χ1v) is 6.32. The highest BCUT2D eigenvalue weighted by molar-refractivity contribution is 6.01. The van der Waals surface area contributed by atoms with Crippen LogP contribution in [0.2, 0.25) is 0 Å². The summed E-state index contributed by atoms with van der Waals surface area (Å²) in [6.45, 7) is 3.70. The lowest BCUT2D eigenvalue weighted by Gasteiger charge is -2.06. The Morgan fingerprint density at radius 2 is 1.90 bits per heavy atom. The Hall–Kier alpha value is -2.89. The normalized spacial score (nSPS) is 11.2. The number of phenols is 1. The highest BCUT2D eigenvalue weighted by atomic mass is 16.6. The molecule has 0 aliphatic carbocycles. The lowest BCUT2D eigenvalue weighted by molar-refractivity contribution is -0.384. The topological polar surface area (TPSA) is 87.8 Å². The van der Waals surface area contributed by atoms with Crippen LogP contribution in [-0.2, 0) is 0 Å². The van der Waals surface area contributed by atoms with Crippen molar-refractivity contribution >= 4 is 17.1 Å². The lowest BCUT2D eigenvalue weighted by Crippen LogP contribution is -2.00. The molecule has 2 N–H and O–H groups in total. The molecule has 0 saturated heterocycles. The number of hydrazone groups is 1. The van der Waals surface area contributed by atoms with Gasteiger partial charge >= 0.3 is 0 Å². The van der Waals surface area contributed by atoms with Gasteiger partial charge in [-0.2, -0.15) is 5.10 Å². The zero-order chi connectivity index (χ0) is 15.4. The summed E-state index contributed by atoms with van der Waals surface area (Å²) >= 11 is 0. The minimum absolute atomic E-state index is 0.0255. The quantitative estimate of drug-likeness (QED) is 0.511. The van der Waals surface area contributed by atoms with Gasteiger partial charge in [-0.05, 0) is 38.1 Å². The van der Waals surface area contributed by atoms with E-state index in [2.05, 4.69) is 10.5 Å². The molecule has 6 heteroatoms. The van der Waals surface area contributed by atoms with Crippen LogP contribution >= 0.6 is 0 Å². The van der Waals surface area contributed by atoms with Gasteiger partial charge in [0.1, 0.15) is 5.75 Å². The number of nitrogens with zero attached hydrogens (tertiary/aromatic N) is 2. The molecule has 6 nitrogen and oxygen atoms in total. The molecule has 2 aromatic rings. The van der Waals surface area contributed by atoms with Crippen molar-refractivity contribution < 1.29 is 10.0 Å². The smallest absolute Gasteiger partial charge is 0.269 e. The van der Waals surface area contributed by atoms with Gasteiger partial charge in [-0.25, -0.2) is 0 Å². The van der Waals surface area contributed by atoms with Crippen LogP contribution in [0.4, 0.5) is 11.4 Å². The van der Waals surface area contributed by atoms with Crippen LogP contribution in [0.15, 0.2) is 47.6 Å². The van der Waals surface area contributed by atoms with Crippen LogP contribution in [-0.4, -0.2) is 15.7 Å². The number of aromatic hydroxyl groups is 1. The average molecular weight is 285 g/mol. The second kappa shape index (κ2) is 6.04. The summed E-state index contributed by atoms with van der Waals surface area (Å²) in [7, 11) is 0. The van der Waals surface area contributed by atoms with Gasteiger partial charge in [-0.3, -0.25) is 15.5 Å². The molecule has 0 aliphatic heterocycles. The van der Waals surface area contributed by atoms with Crippen LogP contribution in [0.3, 0.4) is 0 Å². The van der Waals surface area contributed by atoms with Crippen LogP contribution < -0.4 is 5.43 Å². The number of hydrogen-bond donors (Lipinski definition) is 2. The molecule has 0 radical (unpaired) electrons. The van der Waals surface area contributed by atoms with E-state index in [4.69, 9.17) is 0 Å². The minimum Gasteiger partial charge on any atom is -0.507 e. The van der Waals surface area contributed by atoms with Gasteiger partial charge in [0.25, 0.3) is 5.69 Å². The first-order valence-electron chi connectivity index (χ1n) is 6.32. The molecule has 0 atom stereocenters. The number of non-ortho nitro benzene ring substituents is 1. The molecule has 0 aromatic heterocycles. The van der Waals surface area contributed by atoms with E-state index in [1.807, 2.05) is 19.1 Å². The van der Waals surface area contributed by atoms with Gasteiger partial charge < -0.3 is 5.11 Å². The molecule has 108 valence electrons. The molecule has 2 rings (SSSR count). The van der Waals surface area contributed by atoms with Crippen molar-refractivity contribution in [2.24, 2.45) is 5.10 Å². The van der Waals surface area contributed by atoms with Gasteiger partial charge in [0, 0.05) is 17.7 Å². The van der Waals surface area contributed by atoms with Crippen molar-refractivity contribution in [3.8, 4) is 5.75 Å². The molecule has 0 spiro atoms. The maximum Gasteiger partial charge on any atom is 0.269 e. The van der Waals surface area contributed by atoms with E-state index in [9.17, 15) is 15.2 Å². The van der Waals surface area contributed by atoms with Crippen molar-refractivity contribution in [2.75, 3.05) is 5.43 Å². The zero-order valence-electron chi connectivity index (χ0n) is 11.7. The second-order valence-electron chi connectivity index (χ2n) is 4.63. The van der Waals surface area contributed by atoms with E-state index in [1.165, 1.54) is 12.1 Å². The molecule has 0 saturated carbocycles. The van der Waals surface area contributed by atoms with Crippen molar-refractivity contribution in [3.63, 3.8) is 0 Å². The van der Waals surface area contributed by atoms with Crippen LogP contribution in [0.5, 0.6) is 5.75 Å². The van der Waals surface area contributed by atoms with E-state index in [0.29, 0.717) is 17.0 Å². The van der Waals surface area contributed by atoms with Crippen LogP contribution in [0.25, 0.3) is 0 Å². The number of hydrogen-bond acceptors (Lipinski definition) is 5. The largest absolute Gasteiger partial charge is 0.507 e. The standard InChI is InChI=1S/C15H15N3O3/c1-10-3-8-15(19)14(9-10)11(2)16-17-12-4-6-13(7-5-12)18(20)21/h3-9,17,19H,1-2H3/b16-11-. The van der Waals surface area contributed by atoms with E-state index in [1.54, 1.807) is 25.1 Å². The molecule has 0 heterocycles. The molecule has 0 fully saturated rings. The Balaban J connectivity index is 2.16. The molecular weight excluding hydrogens is 270 g/mol. The average Bonchev–Trinajstić information content (AvgIpc) is 2.47. The van der Waals surface area contributed by atoms with Crippen molar-refractivity contribution in [1.82, 2.24) is 0 Å². The Labute approximate surface area is 121 Å². The second-order valence-corrected chi connectivity index (χ2v) is 4.63. The van der Waals surface area contributed by atoms with Crippen molar-refractivity contribution in [1.29, 1.82) is 0 Å². The number of benzene rings is 2. The van der Waals surface area contributed by atoms with Gasteiger partial charge in [-0.1, -0.05) is 11.6 Å².